The average Bonchev–Trinajstić information content (AvgIpc) is 3.28. The smallest absolute Gasteiger partial charge is 0.307 e. The number of halogens is 4. The first kappa shape index (κ1) is 25.4. The maximum Gasteiger partial charge on any atom is 0.307 e. The van der Waals surface area contributed by atoms with Crippen molar-refractivity contribution in [2.24, 2.45) is 5.10 Å². The van der Waals surface area contributed by atoms with Gasteiger partial charge in [0.15, 0.2) is 5.76 Å². The van der Waals surface area contributed by atoms with Gasteiger partial charge in [0, 0.05) is 9.86 Å². The van der Waals surface area contributed by atoms with E-state index >= 15 is 0 Å². The van der Waals surface area contributed by atoms with Gasteiger partial charge in [-0.1, -0.05) is 58.4 Å². The van der Waals surface area contributed by atoms with Crippen molar-refractivity contribution in [3.05, 3.63) is 107 Å². The van der Waals surface area contributed by atoms with Crippen molar-refractivity contribution in [3.8, 4) is 5.75 Å². The predicted molar refractivity (Wildman–Crippen MR) is 162 cm³/mol. The van der Waals surface area contributed by atoms with Crippen LogP contribution in [0.5, 0.6) is 5.75 Å². The highest BCUT2D eigenvalue weighted by Crippen LogP contribution is 2.35. The monoisotopic (exact) mass is 780 g/mol. The summed E-state index contributed by atoms with van der Waals surface area (Å²) in [7, 11) is 0. The first-order valence-electron chi connectivity index (χ1n) is 10.7. The zero-order valence-electron chi connectivity index (χ0n) is 18.4. The number of hydrazone groups is 1. The minimum atomic E-state index is -0.428. The van der Waals surface area contributed by atoms with Crippen LogP contribution in [0.25, 0.3) is 21.7 Å². The lowest BCUT2D eigenvalue weighted by molar-refractivity contribution is 0.0929. The third-order valence-electron chi connectivity index (χ3n) is 5.41. The van der Waals surface area contributed by atoms with Crippen molar-refractivity contribution < 1.29 is 13.9 Å². The van der Waals surface area contributed by atoms with E-state index in [2.05, 4.69) is 105 Å². The van der Waals surface area contributed by atoms with Crippen molar-refractivity contribution in [1.82, 2.24) is 5.43 Å². The molecule has 1 heterocycles. The van der Waals surface area contributed by atoms with E-state index in [1.54, 1.807) is 12.3 Å². The molecule has 9 heteroatoms. The number of furan rings is 1. The minimum absolute atomic E-state index is 0.192. The summed E-state index contributed by atoms with van der Waals surface area (Å²) >= 11 is 12.8. The molecule has 1 N–H and O–H groups in total. The van der Waals surface area contributed by atoms with Crippen LogP contribution >= 0.6 is 70.4 Å². The van der Waals surface area contributed by atoms with Gasteiger partial charge in [0.1, 0.15) is 17.9 Å². The van der Waals surface area contributed by atoms with E-state index in [1.165, 1.54) is 10.8 Å². The van der Waals surface area contributed by atoms with Gasteiger partial charge in [-0.3, -0.25) is 4.79 Å². The fraction of sp³-hybridized carbons (Fsp3) is 0.0370. The van der Waals surface area contributed by atoms with E-state index in [4.69, 9.17) is 9.15 Å². The Balaban J connectivity index is 1.27. The lowest BCUT2D eigenvalue weighted by Crippen LogP contribution is -2.16. The maximum atomic E-state index is 12.5. The Morgan fingerprint density at radius 1 is 0.972 bits per heavy atom. The van der Waals surface area contributed by atoms with Gasteiger partial charge in [0.05, 0.1) is 18.7 Å². The summed E-state index contributed by atoms with van der Waals surface area (Å²) in [4.78, 5) is 12.5. The molecule has 5 rings (SSSR count). The molecule has 1 amide bonds. The third-order valence-corrected chi connectivity index (χ3v) is 7.85. The average molecular weight is 783 g/mol. The lowest BCUT2D eigenvalue weighted by Gasteiger charge is -2.13. The highest BCUT2D eigenvalue weighted by Gasteiger charge is 2.14. The van der Waals surface area contributed by atoms with E-state index in [-0.39, 0.29) is 5.76 Å². The van der Waals surface area contributed by atoms with Gasteiger partial charge >= 0.3 is 5.91 Å². The number of nitrogens with zero attached hydrogens (tertiary/aromatic N) is 1. The third kappa shape index (κ3) is 5.53. The second-order valence-electron chi connectivity index (χ2n) is 7.86. The number of fused-ring (bicyclic) bond motifs is 2. The number of carbonyl (C=O) groups is 1. The summed E-state index contributed by atoms with van der Waals surface area (Å²) in [5.74, 6) is 0.451. The molecule has 0 radical (unpaired) electrons. The molecule has 1 aromatic heterocycles. The number of rotatable bonds is 6. The minimum Gasteiger partial charge on any atom is -0.487 e. The SMILES string of the molecule is O=C(N/N=C\c1cc(Br)c(OCc2cccc3ccccc23)c(Br)c1)c1cc2cc(Br)cc(I)c2o1. The van der Waals surface area contributed by atoms with E-state index in [1.807, 2.05) is 42.5 Å². The van der Waals surface area contributed by atoms with Crippen LogP contribution in [0.3, 0.4) is 0 Å². The Hall–Kier alpha value is -2.21. The van der Waals surface area contributed by atoms with Gasteiger partial charge in [-0.25, -0.2) is 5.43 Å². The summed E-state index contributed by atoms with van der Waals surface area (Å²) in [6.45, 7) is 0.426. The van der Waals surface area contributed by atoms with Gasteiger partial charge in [0.2, 0.25) is 0 Å². The summed E-state index contributed by atoms with van der Waals surface area (Å²) in [6.07, 6.45) is 1.56. The van der Waals surface area contributed by atoms with Gasteiger partial charge in [0.25, 0.3) is 0 Å². The van der Waals surface area contributed by atoms with Crippen molar-refractivity contribution >= 4 is 104 Å². The molecular formula is C27H16Br3IN2O3. The van der Waals surface area contributed by atoms with Crippen LogP contribution in [0.2, 0.25) is 0 Å². The molecular weight excluding hydrogens is 767 g/mol. The fourth-order valence-electron chi connectivity index (χ4n) is 3.77. The summed E-state index contributed by atoms with van der Waals surface area (Å²) in [5, 5.41) is 7.27. The molecule has 0 fully saturated rings. The first-order valence-corrected chi connectivity index (χ1v) is 14.2. The molecule has 0 bridgehead atoms. The molecule has 0 saturated carbocycles. The summed E-state index contributed by atoms with van der Waals surface area (Å²) in [5.41, 5.74) is 5.06. The lowest BCUT2D eigenvalue weighted by atomic mass is 10.1. The van der Waals surface area contributed by atoms with Crippen molar-refractivity contribution in [2.75, 3.05) is 0 Å². The van der Waals surface area contributed by atoms with E-state index in [0.717, 1.165) is 33.5 Å². The molecule has 0 saturated heterocycles. The molecule has 5 aromatic rings. The van der Waals surface area contributed by atoms with Gasteiger partial charge in [-0.15, -0.1) is 0 Å². The zero-order chi connectivity index (χ0) is 25.2. The van der Waals surface area contributed by atoms with Crippen LogP contribution in [-0.2, 0) is 6.61 Å². The van der Waals surface area contributed by atoms with Gasteiger partial charge in [-0.2, -0.15) is 5.10 Å². The molecule has 180 valence electrons. The Kier molecular flexibility index (Phi) is 7.80. The van der Waals surface area contributed by atoms with Gasteiger partial charge in [-0.05, 0) is 107 Å². The number of amides is 1. The fourth-order valence-corrected chi connectivity index (χ4v) is 6.88. The summed E-state index contributed by atoms with van der Waals surface area (Å²) < 4.78 is 15.2. The number of carbonyl (C=O) groups excluding carboxylic acids is 1. The molecule has 0 atom stereocenters. The Morgan fingerprint density at radius 3 is 2.53 bits per heavy atom. The van der Waals surface area contributed by atoms with Crippen LogP contribution in [-0.4, -0.2) is 12.1 Å². The van der Waals surface area contributed by atoms with E-state index in [0.29, 0.717) is 17.9 Å². The highest BCUT2D eigenvalue weighted by atomic mass is 127. The maximum absolute atomic E-state index is 12.5. The van der Waals surface area contributed by atoms with Gasteiger partial charge < -0.3 is 9.15 Å². The van der Waals surface area contributed by atoms with Crippen LogP contribution in [0.1, 0.15) is 21.7 Å². The van der Waals surface area contributed by atoms with Crippen LogP contribution in [0, 0.1) is 3.57 Å². The summed E-state index contributed by atoms with van der Waals surface area (Å²) in [6, 6.07) is 23.7. The molecule has 0 aliphatic carbocycles. The largest absolute Gasteiger partial charge is 0.487 e. The Labute approximate surface area is 245 Å². The standard InChI is InChI=1S/C27H16Br3IN2O3/c28-19-10-18-11-24(36-25(18)23(31)12-19)27(34)33-32-13-15-8-21(29)26(22(30)9-15)35-14-17-6-3-5-16-4-1-2-7-20(16)17/h1-13H,14H2,(H,33,34)/b32-13-. The van der Waals surface area contributed by atoms with E-state index < -0.39 is 5.91 Å². The normalized spacial score (nSPS) is 11.4. The Bertz CT molecular complexity index is 1620. The highest BCUT2D eigenvalue weighted by molar-refractivity contribution is 14.1. The van der Waals surface area contributed by atoms with Crippen LogP contribution in [0.4, 0.5) is 0 Å². The number of ether oxygens (including phenoxy) is 1. The number of benzene rings is 4. The molecule has 0 unspecified atom stereocenters. The van der Waals surface area contributed by atoms with Crippen molar-refractivity contribution in [2.45, 2.75) is 6.61 Å². The quantitative estimate of drug-likeness (QED) is 0.106. The molecule has 0 aliphatic rings. The topological polar surface area (TPSA) is 63.8 Å². The molecule has 0 spiro atoms. The second-order valence-corrected chi connectivity index (χ2v) is 11.6. The number of hydrogen-bond donors (Lipinski definition) is 1. The second kappa shape index (κ2) is 11.0. The zero-order valence-corrected chi connectivity index (χ0v) is 25.3. The Morgan fingerprint density at radius 2 is 1.72 bits per heavy atom. The van der Waals surface area contributed by atoms with Crippen LogP contribution < -0.4 is 10.2 Å². The van der Waals surface area contributed by atoms with Crippen molar-refractivity contribution in [3.63, 3.8) is 0 Å². The van der Waals surface area contributed by atoms with E-state index in [9.17, 15) is 4.79 Å². The van der Waals surface area contributed by atoms with Crippen LogP contribution in [0.15, 0.2) is 95.7 Å². The molecule has 36 heavy (non-hydrogen) atoms. The first-order chi connectivity index (χ1) is 17.4. The number of nitrogens with one attached hydrogen (secondary N) is 1. The number of hydrogen-bond acceptors (Lipinski definition) is 4. The van der Waals surface area contributed by atoms with Crippen molar-refractivity contribution in [1.29, 1.82) is 0 Å². The molecule has 0 aliphatic heterocycles. The molecule has 4 aromatic carbocycles. The predicted octanol–water partition coefficient (Wildman–Crippen LogP) is 8.82. The molecule has 5 nitrogen and oxygen atoms in total.